The molecule has 1 aromatic rings. The third kappa shape index (κ3) is 3.62. The first-order chi connectivity index (χ1) is 11.6. The summed E-state index contributed by atoms with van der Waals surface area (Å²) in [5.41, 5.74) is 1.03. The fourth-order valence-corrected chi connectivity index (χ4v) is 3.69. The highest BCUT2D eigenvalue weighted by molar-refractivity contribution is 5.59. The lowest BCUT2D eigenvalue weighted by Gasteiger charge is -2.43. The maximum atomic E-state index is 11.1. The number of hydrogen-bond donors (Lipinski definition) is 0. The number of nitrogens with zero attached hydrogens (tertiary/aromatic N) is 4. The van der Waals surface area contributed by atoms with Crippen molar-refractivity contribution in [3.05, 3.63) is 28.3 Å². The van der Waals surface area contributed by atoms with Gasteiger partial charge in [-0.15, -0.1) is 0 Å². The first kappa shape index (κ1) is 17.0. The van der Waals surface area contributed by atoms with E-state index in [0.29, 0.717) is 11.8 Å². The molecule has 0 spiro atoms. The number of nitro groups is 1. The fraction of sp³-hybridized carbons (Fsp3) is 0.647. The van der Waals surface area contributed by atoms with E-state index in [-0.39, 0.29) is 5.69 Å². The Kier molecular flexibility index (Phi) is 5.20. The Bertz CT molecular complexity index is 587. The summed E-state index contributed by atoms with van der Waals surface area (Å²) in [5.74, 6) is 0.333. The lowest BCUT2D eigenvalue weighted by molar-refractivity contribution is -0.385. The molecule has 0 saturated carbocycles. The highest BCUT2D eigenvalue weighted by Crippen LogP contribution is 2.33. The van der Waals surface area contributed by atoms with Crippen LogP contribution in [-0.4, -0.2) is 74.2 Å². The zero-order chi connectivity index (χ0) is 17.1. The third-order valence-corrected chi connectivity index (χ3v) is 5.18. The number of piperidine rings is 1. The van der Waals surface area contributed by atoms with E-state index >= 15 is 0 Å². The minimum absolute atomic E-state index is 0.0221. The average Bonchev–Trinajstić information content (AvgIpc) is 2.61. The van der Waals surface area contributed by atoms with Crippen LogP contribution in [0.15, 0.2) is 18.2 Å². The van der Waals surface area contributed by atoms with E-state index < -0.39 is 4.92 Å². The third-order valence-electron chi connectivity index (χ3n) is 5.18. The predicted octanol–water partition coefficient (Wildman–Crippen LogP) is 1.82. The molecule has 2 aliphatic heterocycles. The molecule has 0 aliphatic carbocycles. The van der Waals surface area contributed by atoms with E-state index in [1.165, 1.54) is 13.5 Å². The Hall–Kier alpha value is -1.86. The van der Waals surface area contributed by atoms with Gasteiger partial charge in [-0.05, 0) is 26.0 Å². The number of anilines is 1. The quantitative estimate of drug-likeness (QED) is 0.618. The Morgan fingerprint density at radius 3 is 2.62 bits per heavy atom. The van der Waals surface area contributed by atoms with Gasteiger partial charge in [0.15, 0.2) is 5.75 Å². The minimum atomic E-state index is -0.397. The highest BCUT2D eigenvalue weighted by Gasteiger charge is 2.28. The van der Waals surface area contributed by atoms with Crippen LogP contribution in [0.1, 0.15) is 12.8 Å². The van der Waals surface area contributed by atoms with Gasteiger partial charge in [-0.25, -0.2) is 0 Å². The Labute approximate surface area is 142 Å². The van der Waals surface area contributed by atoms with Crippen LogP contribution in [0.2, 0.25) is 0 Å². The second kappa shape index (κ2) is 7.36. The number of ether oxygens (including phenoxy) is 1. The van der Waals surface area contributed by atoms with Gasteiger partial charge >= 0.3 is 5.69 Å². The van der Waals surface area contributed by atoms with Crippen molar-refractivity contribution in [2.24, 2.45) is 0 Å². The zero-order valence-electron chi connectivity index (χ0n) is 14.5. The summed E-state index contributed by atoms with van der Waals surface area (Å²) < 4.78 is 5.21. The molecule has 1 unspecified atom stereocenters. The molecule has 0 amide bonds. The van der Waals surface area contributed by atoms with Crippen LogP contribution in [0.4, 0.5) is 11.4 Å². The standard InChI is InChI=1S/C17H26N4O3/c1-18-8-10-19(11-9-18)15-4-3-7-20(13-15)14-5-6-16(21(22)23)17(12-14)24-2/h5-6,12,15H,3-4,7-11,13H2,1-2H3. The van der Waals surface area contributed by atoms with Crippen molar-refractivity contribution < 1.29 is 9.66 Å². The Balaban J connectivity index is 1.71. The molecule has 2 heterocycles. The summed E-state index contributed by atoms with van der Waals surface area (Å²) in [4.78, 5) is 18.0. The van der Waals surface area contributed by atoms with Crippen LogP contribution in [0, 0.1) is 10.1 Å². The molecular formula is C17H26N4O3. The lowest BCUT2D eigenvalue weighted by atomic mass is 10.0. The van der Waals surface area contributed by atoms with Crippen molar-refractivity contribution in [3.8, 4) is 5.75 Å². The van der Waals surface area contributed by atoms with Gasteiger partial charge < -0.3 is 14.5 Å². The molecule has 3 rings (SSSR count). The van der Waals surface area contributed by atoms with Gasteiger partial charge in [-0.3, -0.25) is 15.0 Å². The van der Waals surface area contributed by atoms with Crippen LogP contribution in [0.5, 0.6) is 5.75 Å². The molecule has 1 aromatic carbocycles. The van der Waals surface area contributed by atoms with Gasteiger partial charge in [0.05, 0.1) is 12.0 Å². The molecule has 132 valence electrons. The van der Waals surface area contributed by atoms with E-state index in [4.69, 9.17) is 4.74 Å². The second-order valence-corrected chi connectivity index (χ2v) is 6.69. The van der Waals surface area contributed by atoms with Gasteiger partial charge in [0.2, 0.25) is 0 Å². The van der Waals surface area contributed by atoms with Gasteiger partial charge in [0.1, 0.15) is 0 Å². The number of methoxy groups -OCH3 is 1. The molecule has 0 radical (unpaired) electrons. The van der Waals surface area contributed by atoms with Crippen LogP contribution in [0.25, 0.3) is 0 Å². The van der Waals surface area contributed by atoms with E-state index in [1.807, 2.05) is 6.07 Å². The van der Waals surface area contributed by atoms with Crippen molar-refractivity contribution in [1.29, 1.82) is 0 Å². The van der Waals surface area contributed by atoms with Gasteiger partial charge in [-0.1, -0.05) is 0 Å². The summed E-state index contributed by atoms with van der Waals surface area (Å²) in [6.45, 7) is 6.47. The molecule has 0 N–H and O–H groups in total. The molecule has 0 bridgehead atoms. The topological polar surface area (TPSA) is 62.1 Å². The molecule has 7 nitrogen and oxygen atoms in total. The maximum Gasteiger partial charge on any atom is 0.311 e. The zero-order valence-corrected chi connectivity index (χ0v) is 14.5. The summed E-state index contributed by atoms with van der Waals surface area (Å²) >= 11 is 0. The molecule has 2 aliphatic rings. The minimum Gasteiger partial charge on any atom is -0.490 e. The van der Waals surface area contributed by atoms with Crippen molar-refractivity contribution in [2.45, 2.75) is 18.9 Å². The maximum absolute atomic E-state index is 11.1. The number of nitro benzene ring substituents is 1. The fourth-order valence-electron chi connectivity index (χ4n) is 3.69. The first-order valence-corrected chi connectivity index (χ1v) is 8.58. The number of hydrogen-bond acceptors (Lipinski definition) is 6. The van der Waals surface area contributed by atoms with Crippen LogP contribution in [0.3, 0.4) is 0 Å². The van der Waals surface area contributed by atoms with E-state index in [0.717, 1.165) is 51.4 Å². The van der Waals surface area contributed by atoms with Crippen molar-refractivity contribution in [1.82, 2.24) is 9.80 Å². The smallest absolute Gasteiger partial charge is 0.311 e. The van der Waals surface area contributed by atoms with Crippen molar-refractivity contribution in [2.75, 3.05) is 58.3 Å². The van der Waals surface area contributed by atoms with Crippen LogP contribution < -0.4 is 9.64 Å². The van der Waals surface area contributed by atoms with E-state index in [2.05, 4.69) is 21.7 Å². The number of rotatable bonds is 4. The van der Waals surface area contributed by atoms with Crippen molar-refractivity contribution >= 4 is 11.4 Å². The molecule has 1 atom stereocenters. The average molecular weight is 334 g/mol. The van der Waals surface area contributed by atoms with E-state index in [9.17, 15) is 10.1 Å². The van der Waals surface area contributed by atoms with Gasteiger partial charge in [0.25, 0.3) is 0 Å². The van der Waals surface area contributed by atoms with Gasteiger partial charge in [0, 0.05) is 63.1 Å². The number of likely N-dealkylation sites (N-methyl/N-ethyl adjacent to an activating group) is 1. The molecule has 24 heavy (non-hydrogen) atoms. The van der Waals surface area contributed by atoms with Crippen LogP contribution >= 0.6 is 0 Å². The highest BCUT2D eigenvalue weighted by atomic mass is 16.6. The monoisotopic (exact) mass is 334 g/mol. The largest absolute Gasteiger partial charge is 0.490 e. The molecule has 2 fully saturated rings. The van der Waals surface area contributed by atoms with Crippen LogP contribution in [-0.2, 0) is 0 Å². The summed E-state index contributed by atoms with van der Waals surface area (Å²) in [6.07, 6.45) is 2.38. The Morgan fingerprint density at radius 1 is 1.21 bits per heavy atom. The first-order valence-electron chi connectivity index (χ1n) is 8.58. The predicted molar refractivity (Wildman–Crippen MR) is 94.0 cm³/mol. The van der Waals surface area contributed by atoms with E-state index in [1.54, 1.807) is 12.1 Å². The number of benzene rings is 1. The second-order valence-electron chi connectivity index (χ2n) is 6.69. The summed E-state index contributed by atoms with van der Waals surface area (Å²) in [6, 6.07) is 5.75. The number of piperazine rings is 1. The molecule has 2 saturated heterocycles. The SMILES string of the molecule is COc1cc(N2CCCC(N3CCN(C)CC3)C2)ccc1[N+](=O)[O-]. The molecular weight excluding hydrogens is 308 g/mol. The summed E-state index contributed by atoms with van der Waals surface area (Å²) in [5, 5.41) is 11.1. The summed E-state index contributed by atoms with van der Waals surface area (Å²) in [7, 11) is 3.66. The molecule has 7 heteroatoms. The normalized spacial score (nSPS) is 23.2. The molecule has 0 aromatic heterocycles. The van der Waals surface area contributed by atoms with Gasteiger partial charge in [-0.2, -0.15) is 0 Å². The van der Waals surface area contributed by atoms with Crippen molar-refractivity contribution in [3.63, 3.8) is 0 Å². The Morgan fingerprint density at radius 2 is 1.96 bits per heavy atom. The lowest BCUT2D eigenvalue weighted by Crippen LogP contribution is -2.54.